The van der Waals surface area contributed by atoms with E-state index in [2.05, 4.69) is 13.2 Å². The summed E-state index contributed by atoms with van der Waals surface area (Å²) < 4.78 is 20.1. The topological polar surface area (TPSA) is 54.0 Å². The van der Waals surface area contributed by atoms with Gasteiger partial charge in [0.2, 0.25) is 0 Å². The van der Waals surface area contributed by atoms with Crippen molar-refractivity contribution in [3.63, 3.8) is 0 Å². The molecule has 0 aliphatic rings. The Morgan fingerprint density at radius 2 is 2.11 bits per heavy atom. The van der Waals surface area contributed by atoms with Crippen LogP contribution in [0.5, 0.6) is 0 Å². The minimum Gasteiger partial charge on any atom is -0.435 e. The first kappa shape index (κ1) is 16.8. The van der Waals surface area contributed by atoms with Crippen molar-refractivity contribution >= 4 is 5.97 Å². The molecule has 0 aromatic rings. The molecule has 0 aliphatic heterocycles. The molecule has 0 fully saturated rings. The van der Waals surface area contributed by atoms with Gasteiger partial charge in [-0.15, -0.1) is 6.58 Å². The predicted molar refractivity (Wildman–Crippen MR) is 68.2 cm³/mol. The summed E-state index contributed by atoms with van der Waals surface area (Å²) in [7, 11) is 1.62. The molecule has 0 radical (unpaired) electrons. The highest BCUT2D eigenvalue weighted by molar-refractivity contribution is 5.87. The first-order valence-corrected chi connectivity index (χ1v) is 5.75. The van der Waals surface area contributed by atoms with E-state index in [0.29, 0.717) is 31.8 Å². The lowest BCUT2D eigenvalue weighted by molar-refractivity contribution is -0.150. The predicted octanol–water partition coefficient (Wildman–Crippen LogP) is 1.69. The van der Waals surface area contributed by atoms with Crippen LogP contribution >= 0.6 is 0 Å². The zero-order valence-electron chi connectivity index (χ0n) is 11.1. The number of methoxy groups -OCH3 is 1. The Labute approximate surface area is 108 Å². The summed E-state index contributed by atoms with van der Waals surface area (Å²) in [5.74, 6) is -0.470. The van der Waals surface area contributed by atoms with Crippen molar-refractivity contribution < 1.29 is 23.7 Å². The van der Waals surface area contributed by atoms with Crippen molar-refractivity contribution in [3.05, 3.63) is 24.8 Å². The number of hydrogen-bond acceptors (Lipinski definition) is 5. The number of ether oxygens (including phenoxy) is 4. The molecule has 0 spiro atoms. The third-order valence-corrected chi connectivity index (χ3v) is 2.10. The molecule has 0 saturated heterocycles. The van der Waals surface area contributed by atoms with Gasteiger partial charge in [-0.25, -0.2) is 4.79 Å². The van der Waals surface area contributed by atoms with Crippen LogP contribution in [0.4, 0.5) is 0 Å². The third-order valence-electron chi connectivity index (χ3n) is 2.10. The van der Waals surface area contributed by atoms with Gasteiger partial charge in [-0.3, -0.25) is 0 Å². The summed E-state index contributed by atoms with van der Waals surface area (Å²) >= 11 is 0. The smallest absolute Gasteiger partial charge is 0.335 e. The maximum Gasteiger partial charge on any atom is 0.335 e. The minimum absolute atomic E-state index is 0.0394. The summed E-state index contributed by atoms with van der Waals surface area (Å²) in [5.41, 5.74) is 0.363. The molecule has 1 unspecified atom stereocenters. The zero-order chi connectivity index (χ0) is 13.8. The van der Waals surface area contributed by atoms with Crippen LogP contribution in [0, 0.1) is 0 Å². The first-order valence-electron chi connectivity index (χ1n) is 5.75. The second kappa shape index (κ2) is 11.0. The highest BCUT2D eigenvalue weighted by atomic mass is 16.7. The van der Waals surface area contributed by atoms with Gasteiger partial charge >= 0.3 is 5.97 Å². The summed E-state index contributed by atoms with van der Waals surface area (Å²) in [6.07, 6.45) is 2.04. The standard InChI is InChI=1S/C13H22O5/c1-5-7-17-10-18-13(14)11(2)6-8-16-9-12(3)15-4/h5,12H,1-2,6-10H2,3-4H3. The molecule has 104 valence electrons. The Morgan fingerprint density at radius 1 is 1.39 bits per heavy atom. The van der Waals surface area contributed by atoms with E-state index in [1.54, 1.807) is 13.2 Å². The SMILES string of the molecule is C=CCOCOC(=O)C(=C)CCOCC(C)OC. The van der Waals surface area contributed by atoms with Gasteiger partial charge in [0.1, 0.15) is 0 Å². The van der Waals surface area contributed by atoms with E-state index in [4.69, 9.17) is 18.9 Å². The Bertz CT molecular complexity index is 262. The van der Waals surface area contributed by atoms with Crippen LogP contribution in [0.25, 0.3) is 0 Å². The van der Waals surface area contributed by atoms with Crippen LogP contribution < -0.4 is 0 Å². The molecule has 0 bridgehead atoms. The van der Waals surface area contributed by atoms with Crippen molar-refractivity contribution in [2.24, 2.45) is 0 Å². The van der Waals surface area contributed by atoms with Gasteiger partial charge in [0.15, 0.2) is 6.79 Å². The van der Waals surface area contributed by atoms with Crippen molar-refractivity contribution in [3.8, 4) is 0 Å². The summed E-state index contributed by atoms with van der Waals surface area (Å²) in [4.78, 5) is 11.4. The number of carbonyl (C=O) groups is 1. The fourth-order valence-electron chi connectivity index (χ4n) is 0.943. The molecule has 0 aromatic carbocycles. The van der Waals surface area contributed by atoms with Gasteiger partial charge in [0, 0.05) is 19.1 Å². The second-order valence-corrected chi connectivity index (χ2v) is 3.68. The Hall–Kier alpha value is -1.17. The molecule has 5 heteroatoms. The van der Waals surface area contributed by atoms with E-state index < -0.39 is 5.97 Å². The van der Waals surface area contributed by atoms with Crippen LogP contribution in [-0.4, -0.2) is 45.8 Å². The highest BCUT2D eigenvalue weighted by Gasteiger charge is 2.08. The van der Waals surface area contributed by atoms with E-state index in [-0.39, 0.29) is 12.9 Å². The van der Waals surface area contributed by atoms with Crippen molar-refractivity contribution in [2.45, 2.75) is 19.4 Å². The molecule has 0 amide bonds. The van der Waals surface area contributed by atoms with Crippen LogP contribution in [0.1, 0.15) is 13.3 Å². The Balaban J connectivity index is 3.56. The lowest BCUT2D eigenvalue weighted by Gasteiger charge is -2.10. The minimum atomic E-state index is -0.470. The molecule has 5 nitrogen and oxygen atoms in total. The lowest BCUT2D eigenvalue weighted by atomic mass is 10.2. The fourth-order valence-corrected chi connectivity index (χ4v) is 0.943. The van der Waals surface area contributed by atoms with Crippen LogP contribution in [0.15, 0.2) is 24.8 Å². The maximum atomic E-state index is 11.4. The number of hydrogen-bond donors (Lipinski definition) is 0. The van der Waals surface area contributed by atoms with Crippen molar-refractivity contribution in [1.29, 1.82) is 0 Å². The fraction of sp³-hybridized carbons (Fsp3) is 0.615. The molecule has 0 aliphatic carbocycles. The summed E-state index contributed by atoms with van der Waals surface area (Å²) in [5, 5.41) is 0. The monoisotopic (exact) mass is 258 g/mol. The molecule has 0 aromatic heterocycles. The number of rotatable bonds is 11. The van der Waals surface area contributed by atoms with Gasteiger partial charge < -0.3 is 18.9 Å². The van der Waals surface area contributed by atoms with Crippen LogP contribution in [-0.2, 0) is 23.7 Å². The summed E-state index contributed by atoms with van der Waals surface area (Å²) in [6, 6.07) is 0. The average Bonchev–Trinajstić information content (AvgIpc) is 2.38. The Kier molecular flexibility index (Phi) is 10.2. The molecule has 0 heterocycles. The third kappa shape index (κ3) is 8.92. The van der Waals surface area contributed by atoms with Gasteiger partial charge in [-0.2, -0.15) is 0 Å². The molecule has 0 saturated carbocycles. The average molecular weight is 258 g/mol. The van der Waals surface area contributed by atoms with Crippen LogP contribution in [0.2, 0.25) is 0 Å². The maximum absolute atomic E-state index is 11.4. The van der Waals surface area contributed by atoms with Gasteiger partial charge in [-0.05, 0) is 6.92 Å². The Morgan fingerprint density at radius 3 is 2.72 bits per heavy atom. The molecule has 0 rings (SSSR count). The van der Waals surface area contributed by atoms with Crippen LogP contribution in [0.3, 0.4) is 0 Å². The molecule has 0 N–H and O–H groups in total. The van der Waals surface area contributed by atoms with E-state index in [9.17, 15) is 4.79 Å². The van der Waals surface area contributed by atoms with E-state index in [0.717, 1.165) is 0 Å². The molecular weight excluding hydrogens is 236 g/mol. The molecule has 1 atom stereocenters. The molecule has 18 heavy (non-hydrogen) atoms. The van der Waals surface area contributed by atoms with Crippen molar-refractivity contribution in [1.82, 2.24) is 0 Å². The van der Waals surface area contributed by atoms with Gasteiger partial charge in [0.05, 0.1) is 25.9 Å². The quantitative estimate of drug-likeness (QED) is 0.185. The number of esters is 1. The zero-order valence-corrected chi connectivity index (χ0v) is 11.1. The number of carbonyl (C=O) groups excluding carboxylic acids is 1. The normalized spacial score (nSPS) is 11.9. The second-order valence-electron chi connectivity index (χ2n) is 3.68. The largest absolute Gasteiger partial charge is 0.435 e. The van der Waals surface area contributed by atoms with E-state index in [1.807, 2.05) is 6.92 Å². The van der Waals surface area contributed by atoms with Crippen molar-refractivity contribution in [2.75, 3.05) is 33.7 Å². The lowest BCUT2D eigenvalue weighted by Crippen LogP contribution is -2.16. The summed E-state index contributed by atoms with van der Waals surface area (Å²) in [6.45, 7) is 10.2. The van der Waals surface area contributed by atoms with E-state index in [1.165, 1.54) is 0 Å². The van der Waals surface area contributed by atoms with E-state index >= 15 is 0 Å². The highest BCUT2D eigenvalue weighted by Crippen LogP contribution is 2.02. The first-order chi connectivity index (χ1) is 8.61. The molecular formula is C13H22O5. The van der Waals surface area contributed by atoms with Gasteiger partial charge in [-0.1, -0.05) is 12.7 Å². The van der Waals surface area contributed by atoms with Gasteiger partial charge in [0.25, 0.3) is 0 Å².